The molecule has 2 bridgehead atoms. The van der Waals surface area contributed by atoms with E-state index >= 15 is 0 Å². The monoisotopic (exact) mass is 124 g/mol. The largest absolute Gasteiger partial charge is 0.347 e. The third-order valence-electron chi connectivity index (χ3n) is 1.83. The molecule has 0 radical (unpaired) electrons. The van der Waals surface area contributed by atoms with E-state index in [-0.39, 0.29) is 18.0 Å². The summed E-state index contributed by atoms with van der Waals surface area (Å²) in [6.45, 7) is 0. The Labute approximate surface area is 53.2 Å². The van der Waals surface area contributed by atoms with Gasteiger partial charge in [0.05, 0.1) is 6.04 Å². The van der Waals surface area contributed by atoms with Gasteiger partial charge in [-0.05, 0) is 12.8 Å². The highest BCUT2D eigenvalue weighted by Gasteiger charge is 2.29. The van der Waals surface area contributed by atoms with E-state index in [9.17, 15) is 4.79 Å². The molecular weight excluding hydrogens is 116 g/mol. The van der Waals surface area contributed by atoms with Crippen molar-refractivity contribution in [2.24, 2.45) is 4.99 Å². The van der Waals surface area contributed by atoms with Crippen LogP contribution in [0.3, 0.4) is 0 Å². The van der Waals surface area contributed by atoms with Gasteiger partial charge in [-0.3, -0.25) is 9.79 Å². The molecule has 0 saturated carbocycles. The Kier molecular flexibility index (Phi) is 0.860. The second-order valence-corrected chi connectivity index (χ2v) is 2.51. The summed E-state index contributed by atoms with van der Waals surface area (Å²) >= 11 is 0. The lowest BCUT2D eigenvalue weighted by Crippen LogP contribution is -2.50. The first-order chi connectivity index (χ1) is 4.36. The van der Waals surface area contributed by atoms with Crippen LogP contribution in [0.4, 0.5) is 0 Å². The molecule has 9 heavy (non-hydrogen) atoms. The number of rotatable bonds is 0. The molecule has 2 atom stereocenters. The number of fused-ring (bicyclic) bond motifs is 2. The molecule has 0 spiro atoms. The first kappa shape index (κ1) is 4.97. The summed E-state index contributed by atoms with van der Waals surface area (Å²) in [7, 11) is 0. The lowest BCUT2D eigenvalue weighted by molar-refractivity contribution is -0.124. The van der Waals surface area contributed by atoms with Crippen LogP contribution in [-0.2, 0) is 4.79 Å². The average molecular weight is 124 g/mol. The van der Waals surface area contributed by atoms with Crippen molar-refractivity contribution >= 4 is 12.1 Å². The first-order valence-corrected chi connectivity index (χ1v) is 3.20. The zero-order chi connectivity index (χ0) is 6.27. The molecule has 2 unspecified atom stereocenters. The first-order valence-electron chi connectivity index (χ1n) is 3.20. The van der Waals surface area contributed by atoms with E-state index < -0.39 is 0 Å². The summed E-state index contributed by atoms with van der Waals surface area (Å²) in [4.78, 5) is 14.9. The molecule has 3 rings (SSSR count). The molecule has 3 aliphatic rings. The molecule has 0 aromatic heterocycles. The Morgan fingerprint density at radius 3 is 2.78 bits per heavy atom. The molecule has 0 aromatic rings. The topological polar surface area (TPSA) is 41.5 Å². The molecule has 3 heteroatoms. The van der Waals surface area contributed by atoms with E-state index in [1.54, 1.807) is 0 Å². The Balaban J connectivity index is 2.29. The van der Waals surface area contributed by atoms with Crippen molar-refractivity contribution < 1.29 is 4.79 Å². The fourth-order valence-corrected chi connectivity index (χ4v) is 1.28. The fraction of sp³-hybridized carbons (Fsp3) is 0.667. The van der Waals surface area contributed by atoms with Crippen molar-refractivity contribution in [2.75, 3.05) is 0 Å². The van der Waals surface area contributed by atoms with Gasteiger partial charge >= 0.3 is 0 Å². The van der Waals surface area contributed by atoms with Crippen LogP contribution in [0.5, 0.6) is 0 Å². The predicted octanol–water partition coefficient (Wildman–Crippen LogP) is -0.282. The highest BCUT2D eigenvalue weighted by atomic mass is 16.2. The summed E-state index contributed by atoms with van der Waals surface area (Å²) in [6, 6.07) is 0.178. The Bertz CT molecular complexity index is 176. The minimum Gasteiger partial charge on any atom is -0.347 e. The van der Waals surface area contributed by atoms with Gasteiger partial charge in [0.25, 0.3) is 0 Å². The van der Waals surface area contributed by atoms with Crippen LogP contribution < -0.4 is 5.32 Å². The second kappa shape index (κ2) is 1.56. The number of aliphatic imine (C=N–C) groups is 1. The van der Waals surface area contributed by atoms with Crippen molar-refractivity contribution in [3.05, 3.63) is 0 Å². The van der Waals surface area contributed by atoms with Crippen LogP contribution in [0.1, 0.15) is 12.8 Å². The lowest BCUT2D eigenvalue weighted by Gasteiger charge is -2.29. The van der Waals surface area contributed by atoms with Gasteiger partial charge in [0, 0.05) is 6.21 Å². The third-order valence-corrected chi connectivity index (χ3v) is 1.83. The molecule has 48 valence electrons. The second-order valence-electron chi connectivity index (χ2n) is 2.51. The van der Waals surface area contributed by atoms with Gasteiger partial charge in [-0.25, -0.2) is 0 Å². The smallest absolute Gasteiger partial charge is 0.245 e. The predicted molar refractivity (Wildman–Crippen MR) is 33.4 cm³/mol. The minimum absolute atomic E-state index is 0.0602. The van der Waals surface area contributed by atoms with Gasteiger partial charge in [0.15, 0.2) is 0 Å². The number of carbonyl (C=O) groups is 1. The molecule has 0 aromatic carbocycles. The minimum atomic E-state index is -0.0602. The number of hydrogen-bond acceptors (Lipinski definition) is 2. The van der Waals surface area contributed by atoms with Crippen molar-refractivity contribution in [1.29, 1.82) is 0 Å². The van der Waals surface area contributed by atoms with Gasteiger partial charge in [0.2, 0.25) is 5.91 Å². The van der Waals surface area contributed by atoms with Crippen LogP contribution in [-0.4, -0.2) is 24.2 Å². The zero-order valence-corrected chi connectivity index (χ0v) is 5.00. The normalized spacial score (nSPS) is 38.9. The summed E-state index contributed by atoms with van der Waals surface area (Å²) in [6.07, 6.45) is 3.85. The van der Waals surface area contributed by atoms with Crippen molar-refractivity contribution in [2.45, 2.75) is 24.9 Å². The van der Waals surface area contributed by atoms with E-state index in [1.807, 2.05) is 6.21 Å². The van der Waals surface area contributed by atoms with E-state index in [4.69, 9.17) is 0 Å². The van der Waals surface area contributed by atoms with Gasteiger partial charge < -0.3 is 5.32 Å². The highest BCUT2D eigenvalue weighted by molar-refractivity contribution is 5.91. The quantitative estimate of drug-likeness (QED) is 0.474. The molecule has 1 amide bonds. The Hall–Kier alpha value is -0.860. The standard InChI is InChI=1S/C6H8N2O/c9-6-5-2-1-4(8-6)3-7-5/h3-5H,1-2H2,(H,8,9). The van der Waals surface area contributed by atoms with Crippen LogP contribution in [0, 0.1) is 0 Å². The SMILES string of the molecule is O=C1NC2C=NC1CC2. The maximum absolute atomic E-state index is 10.8. The maximum Gasteiger partial charge on any atom is 0.245 e. The summed E-state index contributed by atoms with van der Waals surface area (Å²) in [5.41, 5.74) is 0. The number of nitrogens with zero attached hydrogens (tertiary/aromatic N) is 1. The van der Waals surface area contributed by atoms with Crippen molar-refractivity contribution in [3.63, 3.8) is 0 Å². The van der Waals surface area contributed by atoms with Gasteiger partial charge in [-0.2, -0.15) is 0 Å². The third kappa shape index (κ3) is 0.642. The summed E-state index contributed by atoms with van der Waals surface area (Å²) < 4.78 is 0. The maximum atomic E-state index is 10.8. The Morgan fingerprint density at radius 2 is 2.56 bits per heavy atom. The van der Waals surface area contributed by atoms with Crippen molar-refractivity contribution in [1.82, 2.24) is 5.32 Å². The number of nitrogens with one attached hydrogen (secondary N) is 1. The van der Waals surface area contributed by atoms with Crippen LogP contribution in [0.2, 0.25) is 0 Å². The number of hydrogen-bond donors (Lipinski definition) is 1. The average Bonchev–Trinajstić information content (AvgIpc) is 1.90. The van der Waals surface area contributed by atoms with Crippen LogP contribution in [0.25, 0.3) is 0 Å². The van der Waals surface area contributed by atoms with Crippen LogP contribution in [0.15, 0.2) is 4.99 Å². The van der Waals surface area contributed by atoms with Crippen molar-refractivity contribution in [3.8, 4) is 0 Å². The highest BCUT2D eigenvalue weighted by Crippen LogP contribution is 2.15. The molecule has 1 saturated heterocycles. The van der Waals surface area contributed by atoms with E-state index in [2.05, 4.69) is 10.3 Å². The van der Waals surface area contributed by atoms with Gasteiger partial charge in [0.1, 0.15) is 6.04 Å². The summed E-state index contributed by atoms with van der Waals surface area (Å²) in [5, 5.41) is 2.83. The van der Waals surface area contributed by atoms with Gasteiger partial charge in [-0.15, -0.1) is 0 Å². The molecule has 1 fully saturated rings. The van der Waals surface area contributed by atoms with E-state index in [1.165, 1.54) is 0 Å². The van der Waals surface area contributed by atoms with E-state index in [0.29, 0.717) is 0 Å². The lowest BCUT2D eigenvalue weighted by atomic mass is 9.98. The van der Waals surface area contributed by atoms with Crippen LogP contribution >= 0.6 is 0 Å². The zero-order valence-electron chi connectivity index (χ0n) is 5.00. The molecule has 1 N–H and O–H groups in total. The number of amides is 1. The molecule has 0 aliphatic carbocycles. The number of piperidine rings is 1. The van der Waals surface area contributed by atoms with E-state index in [0.717, 1.165) is 12.8 Å². The number of carbonyl (C=O) groups excluding carboxylic acids is 1. The molecule has 3 heterocycles. The molecule has 3 aliphatic heterocycles. The Morgan fingerprint density at radius 1 is 1.67 bits per heavy atom. The summed E-state index contributed by atoms with van der Waals surface area (Å²) in [5.74, 6) is 0.105. The van der Waals surface area contributed by atoms with Gasteiger partial charge in [-0.1, -0.05) is 0 Å². The molecular formula is C6H8N2O. The fourth-order valence-electron chi connectivity index (χ4n) is 1.28. The molecule has 3 nitrogen and oxygen atoms in total.